The second-order valence-corrected chi connectivity index (χ2v) is 5.39. The molecule has 0 aromatic carbocycles. The molecular formula is C13H24N2O2. The van der Waals surface area contributed by atoms with Gasteiger partial charge in [-0.3, -0.25) is 4.79 Å². The van der Waals surface area contributed by atoms with Crippen molar-refractivity contribution >= 4 is 5.91 Å². The molecule has 0 heterocycles. The molecule has 2 atom stereocenters. The average molecular weight is 240 g/mol. The first-order chi connectivity index (χ1) is 8.19. The summed E-state index contributed by atoms with van der Waals surface area (Å²) in [5.41, 5.74) is 5.93. The summed E-state index contributed by atoms with van der Waals surface area (Å²) in [6, 6.07) is 0.377. The highest BCUT2D eigenvalue weighted by atomic mass is 16.5. The highest BCUT2D eigenvalue weighted by Gasteiger charge is 2.32. The van der Waals surface area contributed by atoms with Gasteiger partial charge in [-0.2, -0.15) is 0 Å². The summed E-state index contributed by atoms with van der Waals surface area (Å²) in [7, 11) is 0. The van der Waals surface area contributed by atoms with E-state index in [1.807, 2.05) is 6.92 Å². The number of carbonyl (C=O) groups excluding carboxylic acids is 1. The van der Waals surface area contributed by atoms with Gasteiger partial charge in [0.15, 0.2) is 0 Å². The van der Waals surface area contributed by atoms with Gasteiger partial charge in [0.25, 0.3) is 0 Å². The van der Waals surface area contributed by atoms with Gasteiger partial charge < -0.3 is 15.8 Å². The Morgan fingerprint density at radius 1 is 1.41 bits per heavy atom. The Labute approximate surface area is 103 Å². The summed E-state index contributed by atoms with van der Waals surface area (Å²) in [6.07, 6.45) is 6.34. The van der Waals surface area contributed by atoms with Crippen molar-refractivity contribution in [2.45, 2.75) is 63.6 Å². The molecule has 4 heteroatoms. The van der Waals surface area contributed by atoms with Gasteiger partial charge >= 0.3 is 0 Å². The molecule has 17 heavy (non-hydrogen) atoms. The van der Waals surface area contributed by atoms with Crippen molar-refractivity contribution < 1.29 is 9.53 Å². The zero-order chi connectivity index (χ0) is 12.3. The molecule has 0 spiro atoms. The number of carbonyl (C=O) groups is 1. The third kappa shape index (κ3) is 3.42. The summed E-state index contributed by atoms with van der Waals surface area (Å²) in [5.74, 6) is 0.691. The Bertz CT molecular complexity index is 264. The van der Waals surface area contributed by atoms with E-state index in [1.54, 1.807) is 0 Å². The maximum atomic E-state index is 11.8. The third-order valence-corrected chi connectivity index (χ3v) is 3.98. The predicted octanol–water partition coefficient (Wildman–Crippen LogP) is 1.19. The molecule has 0 radical (unpaired) electrons. The maximum absolute atomic E-state index is 11.8. The number of ether oxygens (including phenoxy) is 1. The largest absolute Gasteiger partial charge is 0.378 e. The van der Waals surface area contributed by atoms with Gasteiger partial charge in [0.1, 0.15) is 0 Å². The van der Waals surface area contributed by atoms with E-state index in [0.717, 1.165) is 38.7 Å². The van der Waals surface area contributed by atoms with Crippen LogP contribution in [0.25, 0.3) is 0 Å². The molecule has 98 valence electrons. The molecule has 2 saturated carbocycles. The van der Waals surface area contributed by atoms with Gasteiger partial charge in [0.2, 0.25) is 5.91 Å². The fraction of sp³-hybridized carbons (Fsp3) is 0.923. The number of hydrogen-bond donors (Lipinski definition) is 2. The van der Waals surface area contributed by atoms with Crippen LogP contribution in [-0.2, 0) is 9.53 Å². The Kier molecular flexibility index (Phi) is 4.40. The van der Waals surface area contributed by atoms with Crippen molar-refractivity contribution in [1.82, 2.24) is 5.32 Å². The van der Waals surface area contributed by atoms with Crippen molar-refractivity contribution in [2.75, 3.05) is 6.61 Å². The zero-order valence-corrected chi connectivity index (χ0v) is 10.7. The smallest absolute Gasteiger partial charge is 0.220 e. The molecule has 3 N–H and O–H groups in total. The molecule has 0 aliphatic heterocycles. The minimum atomic E-state index is 0.163. The van der Waals surface area contributed by atoms with Crippen molar-refractivity contribution in [3.63, 3.8) is 0 Å². The number of nitrogens with two attached hydrogens (primary N) is 1. The Morgan fingerprint density at radius 2 is 2.18 bits per heavy atom. The molecule has 1 amide bonds. The van der Waals surface area contributed by atoms with Gasteiger partial charge in [-0.1, -0.05) is 0 Å². The summed E-state index contributed by atoms with van der Waals surface area (Å²) < 4.78 is 5.49. The summed E-state index contributed by atoms with van der Waals surface area (Å²) in [6.45, 7) is 2.79. The Hall–Kier alpha value is -0.610. The molecule has 2 aliphatic rings. The van der Waals surface area contributed by atoms with Crippen LogP contribution in [0.15, 0.2) is 0 Å². The van der Waals surface area contributed by atoms with E-state index in [1.165, 1.54) is 0 Å². The highest BCUT2D eigenvalue weighted by Crippen LogP contribution is 2.32. The lowest BCUT2D eigenvalue weighted by molar-refractivity contribution is -0.125. The molecular weight excluding hydrogens is 216 g/mol. The Balaban J connectivity index is 1.62. The second-order valence-electron chi connectivity index (χ2n) is 5.39. The maximum Gasteiger partial charge on any atom is 0.220 e. The van der Waals surface area contributed by atoms with Crippen molar-refractivity contribution in [3.8, 4) is 0 Å². The minimum Gasteiger partial charge on any atom is -0.378 e. The van der Waals surface area contributed by atoms with Gasteiger partial charge in [0.05, 0.1) is 6.10 Å². The highest BCUT2D eigenvalue weighted by molar-refractivity contribution is 5.76. The van der Waals surface area contributed by atoms with E-state index in [4.69, 9.17) is 10.5 Å². The van der Waals surface area contributed by atoms with Crippen LogP contribution < -0.4 is 11.1 Å². The molecule has 0 saturated heterocycles. The quantitative estimate of drug-likeness (QED) is 0.758. The molecule has 2 rings (SSSR count). The zero-order valence-electron chi connectivity index (χ0n) is 10.7. The van der Waals surface area contributed by atoms with E-state index < -0.39 is 0 Å². The van der Waals surface area contributed by atoms with Gasteiger partial charge in [-0.05, 0) is 44.9 Å². The predicted molar refractivity (Wildman–Crippen MR) is 66.5 cm³/mol. The number of hydrogen-bond acceptors (Lipinski definition) is 3. The van der Waals surface area contributed by atoms with E-state index >= 15 is 0 Å². The van der Waals surface area contributed by atoms with E-state index in [-0.39, 0.29) is 18.0 Å². The third-order valence-electron chi connectivity index (χ3n) is 3.98. The lowest BCUT2D eigenvalue weighted by Gasteiger charge is -2.34. The van der Waals surface area contributed by atoms with Gasteiger partial charge in [-0.25, -0.2) is 0 Å². The normalized spacial score (nSPS) is 36.6. The molecule has 0 bridgehead atoms. The topological polar surface area (TPSA) is 64.3 Å². The number of amides is 1. The van der Waals surface area contributed by atoms with Crippen LogP contribution in [0.5, 0.6) is 0 Å². The van der Waals surface area contributed by atoms with Crippen LogP contribution in [0, 0.1) is 5.92 Å². The van der Waals surface area contributed by atoms with Crippen LogP contribution in [0.2, 0.25) is 0 Å². The molecule has 4 nitrogen and oxygen atoms in total. The number of nitrogens with one attached hydrogen (secondary N) is 1. The van der Waals surface area contributed by atoms with Gasteiger partial charge in [0, 0.05) is 25.1 Å². The summed E-state index contributed by atoms with van der Waals surface area (Å²) in [5, 5.41) is 3.07. The summed E-state index contributed by atoms with van der Waals surface area (Å²) >= 11 is 0. The van der Waals surface area contributed by atoms with Crippen molar-refractivity contribution in [3.05, 3.63) is 0 Å². The monoisotopic (exact) mass is 240 g/mol. The summed E-state index contributed by atoms with van der Waals surface area (Å²) in [4.78, 5) is 11.8. The first-order valence-corrected chi connectivity index (χ1v) is 6.85. The van der Waals surface area contributed by atoms with Crippen LogP contribution in [0.1, 0.15) is 45.4 Å². The van der Waals surface area contributed by atoms with E-state index in [2.05, 4.69) is 5.32 Å². The first kappa shape index (κ1) is 12.8. The molecule has 2 unspecified atom stereocenters. The van der Waals surface area contributed by atoms with E-state index in [9.17, 15) is 4.79 Å². The van der Waals surface area contributed by atoms with Crippen molar-refractivity contribution in [1.29, 1.82) is 0 Å². The lowest BCUT2D eigenvalue weighted by Crippen LogP contribution is -2.45. The number of rotatable bonds is 5. The second kappa shape index (κ2) is 5.83. The van der Waals surface area contributed by atoms with Crippen LogP contribution >= 0.6 is 0 Å². The van der Waals surface area contributed by atoms with E-state index in [0.29, 0.717) is 18.4 Å². The van der Waals surface area contributed by atoms with Gasteiger partial charge in [-0.15, -0.1) is 0 Å². The Morgan fingerprint density at radius 3 is 2.76 bits per heavy atom. The standard InChI is InChI=1S/C13H24N2O2/c1-2-17-10-6-9(7-10)8-13(16)15-12-5-3-4-11(12)14/h9-12H,2-8,14H2,1H3,(H,15,16). The fourth-order valence-electron chi connectivity index (χ4n) is 2.91. The molecule has 0 aromatic rings. The SMILES string of the molecule is CCOC1CC(CC(=O)NC2CCCC2N)C1. The molecule has 2 fully saturated rings. The van der Waals surface area contributed by atoms with Crippen LogP contribution in [-0.4, -0.2) is 30.7 Å². The molecule has 2 aliphatic carbocycles. The average Bonchev–Trinajstić information content (AvgIpc) is 2.61. The molecule has 0 aromatic heterocycles. The fourth-order valence-corrected chi connectivity index (χ4v) is 2.91. The lowest BCUT2D eigenvalue weighted by atomic mass is 9.80. The van der Waals surface area contributed by atoms with Crippen LogP contribution in [0.4, 0.5) is 0 Å². The van der Waals surface area contributed by atoms with Crippen LogP contribution in [0.3, 0.4) is 0 Å². The minimum absolute atomic E-state index is 0.163. The van der Waals surface area contributed by atoms with Crippen molar-refractivity contribution in [2.24, 2.45) is 11.7 Å². The first-order valence-electron chi connectivity index (χ1n) is 6.85.